The molecule has 2 fully saturated rings. The summed E-state index contributed by atoms with van der Waals surface area (Å²) in [7, 11) is 7.19. The summed E-state index contributed by atoms with van der Waals surface area (Å²) >= 11 is 0. The molecule has 2 aromatic carbocycles. The topological polar surface area (TPSA) is 116 Å². The maximum atomic E-state index is 6.45. The fraction of sp³-hybridized carbons (Fsp3) is 0.469. The number of rotatable bonds is 9. The molecule has 3 heterocycles. The summed E-state index contributed by atoms with van der Waals surface area (Å²) in [5.74, 6) is 2.64. The van der Waals surface area contributed by atoms with Crippen LogP contribution in [0.25, 0.3) is 22.3 Å². The number of nitrogens with two attached hydrogens (primary N) is 1. The van der Waals surface area contributed by atoms with Crippen molar-refractivity contribution in [3.8, 4) is 28.5 Å². The van der Waals surface area contributed by atoms with Crippen LogP contribution in [0.15, 0.2) is 42.7 Å². The highest BCUT2D eigenvalue weighted by molar-refractivity contribution is 5.98. The van der Waals surface area contributed by atoms with Crippen molar-refractivity contribution in [1.82, 2.24) is 29.5 Å². The standard InChI is InChI=1S/C32H42N8O3/c1-38-14-16-39(17-15-38)22-9-11-23(12-10-22)40-32-29(31(33)35-20-36-32)30(37-40)21-8-13-25(28(18-21)43-4)34-19-24-26(41-2)6-5-7-27(24)42-3/h5-8,13,18,20,22-23,34H,9-12,14-17,19H2,1-4H3,(H2,33,35,36). The van der Waals surface area contributed by atoms with Crippen LogP contribution in [0.3, 0.4) is 0 Å². The van der Waals surface area contributed by atoms with E-state index in [1.165, 1.54) is 6.33 Å². The summed E-state index contributed by atoms with van der Waals surface area (Å²) in [4.78, 5) is 14.1. The number of benzene rings is 2. The number of piperazine rings is 1. The second-order valence-corrected chi connectivity index (χ2v) is 11.5. The smallest absolute Gasteiger partial charge is 0.164 e. The molecule has 6 rings (SSSR count). The zero-order valence-corrected chi connectivity index (χ0v) is 25.5. The predicted octanol–water partition coefficient (Wildman–Crippen LogP) is 4.44. The van der Waals surface area contributed by atoms with Gasteiger partial charge >= 0.3 is 0 Å². The highest BCUT2D eigenvalue weighted by atomic mass is 16.5. The minimum absolute atomic E-state index is 0.271. The average molecular weight is 587 g/mol. The van der Waals surface area contributed by atoms with Crippen molar-refractivity contribution in [2.75, 3.05) is 65.6 Å². The van der Waals surface area contributed by atoms with E-state index in [1.54, 1.807) is 21.3 Å². The van der Waals surface area contributed by atoms with Crippen LogP contribution in [0.2, 0.25) is 0 Å². The Balaban J connectivity index is 1.25. The van der Waals surface area contributed by atoms with E-state index in [0.717, 1.165) is 96.9 Å². The van der Waals surface area contributed by atoms with Gasteiger partial charge in [0.05, 0.1) is 44.0 Å². The Labute approximate surface area is 252 Å². The van der Waals surface area contributed by atoms with Crippen LogP contribution in [-0.2, 0) is 6.54 Å². The van der Waals surface area contributed by atoms with Gasteiger partial charge in [-0.15, -0.1) is 0 Å². The number of fused-ring (bicyclic) bond motifs is 1. The molecular formula is C32H42N8O3. The summed E-state index contributed by atoms with van der Waals surface area (Å²) in [6.07, 6.45) is 5.99. The van der Waals surface area contributed by atoms with Gasteiger partial charge in [-0.2, -0.15) is 5.10 Å². The molecule has 1 saturated carbocycles. The maximum Gasteiger partial charge on any atom is 0.164 e. The van der Waals surface area contributed by atoms with Gasteiger partial charge in [-0.05, 0) is 57.0 Å². The Bertz CT molecular complexity index is 1540. The van der Waals surface area contributed by atoms with Crippen molar-refractivity contribution < 1.29 is 14.2 Å². The Morgan fingerprint density at radius 2 is 1.53 bits per heavy atom. The number of hydrogen-bond donors (Lipinski definition) is 2. The molecule has 0 unspecified atom stereocenters. The van der Waals surface area contributed by atoms with Crippen molar-refractivity contribution in [3.05, 3.63) is 48.3 Å². The molecular weight excluding hydrogens is 544 g/mol. The molecule has 43 heavy (non-hydrogen) atoms. The van der Waals surface area contributed by atoms with Crippen LogP contribution in [0, 0.1) is 0 Å². The van der Waals surface area contributed by atoms with Gasteiger partial charge in [0.25, 0.3) is 0 Å². The number of anilines is 2. The number of ether oxygens (including phenoxy) is 3. The number of nitrogen functional groups attached to an aromatic ring is 1. The van der Waals surface area contributed by atoms with E-state index < -0.39 is 0 Å². The van der Waals surface area contributed by atoms with Crippen LogP contribution < -0.4 is 25.3 Å². The Hall–Kier alpha value is -4.09. The van der Waals surface area contributed by atoms with Crippen LogP contribution in [-0.4, -0.2) is 90.1 Å². The molecule has 0 spiro atoms. The molecule has 11 heteroatoms. The molecule has 0 amide bonds. The van der Waals surface area contributed by atoms with E-state index in [9.17, 15) is 0 Å². The van der Waals surface area contributed by atoms with Gasteiger partial charge in [0.2, 0.25) is 0 Å². The maximum absolute atomic E-state index is 6.45. The Kier molecular flexibility index (Phi) is 8.53. The number of likely N-dealkylation sites (N-methyl/N-ethyl adjacent to an activating group) is 1. The molecule has 0 radical (unpaired) electrons. The second-order valence-electron chi connectivity index (χ2n) is 11.5. The second kappa shape index (κ2) is 12.6. The van der Waals surface area contributed by atoms with Gasteiger partial charge in [0.1, 0.15) is 35.1 Å². The number of methoxy groups -OCH3 is 3. The minimum Gasteiger partial charge on any atom is -0.496 e. The monoisotopic (exact) mass is 586 g/mol. The van der Waals surface area contributed by atoms with Crippen molar-refractivity contribution in [3.63, 3.8) is 0 Å². The van der Waals surface area contributed by atoms with E-state index in [4.69, 9.17) is 25.0 Å². The molecule has 0 bridgehead atoms. The number of hydrogen-bond acceptors (Lipinski definition) is 10. The zero-order chi connectivity index (χ0) is 29.9. The molecule has 1 aliphatic carbocycles. The van der Waals surface area contributed by atoms with Crippen LogP contribution in [0.4, 0.5) is 11.5 Å². The zero-order valence-electron chi connectivity index (χ0n) is 25.5. The fourth-order valence-electron chi connectivity index (χ4n) is 6.58. The molecule has 1 aliphatic heterocycles. The van der Waals surface area contributed by atoms with Crippen molar-refractivity contribution >= 4 is 22.5 Å². The minimum atomic E-state index is 0.271. The first kappa shape index (κ1) is 29.0. The van der Waals surface area contributed by atoms with Gasteiger partial charge < -0.3 is 30.2 Å². The molecule has 11 nitrogen and oxygen atoms in total. The molecule has 1 saturated heterocycles. The van der Waals surface area contributed by atoms with Gasteiger partial charge in [-0.25, -0.2) is 14.6 Å². The number of aromatic nitrogens is 4. The highest BCUT2D eigenvalue weighted by Gasteiger charge is 2.31. The van der Waals surface area contributed by atoms with Gasteiger partial charge in [-0.1, -0.05) is 12.1 Å². The van der Waals surface area contributed by atoms with E-state index in [2.05, 4.69) is 36.8 Å². The van der Waals surface area contributed by atoms with Crippen LogP contribution in [0.1, 0.15) is 37.3 Å². The summed E-state index contributed by atoms with van der Waals surface area (Å²) in [5.41, 5.74) is 10.7. The van der Waals surface area contributed by atoms with Crippen molar-refractivity contribution in [2.45, 2.75) is 44.3 Å². The summed E-state index contributed by atoms with van der Waals surface area (Å²) in [6, 6.07) is 12.7. The lowest BCUT2D eigenvalue weighted by molar-refractivity contribution is 0.0815. The quantitative estimate of drug-likeness (QED) is 0.292. The Morgan fingerprint density at radius 3 is 2.21 bits per heavy atom. The van der Waals surface area contributed by atoms with Crippen LogP contribution in [0.5, 0.6) is 17.2 Å². The lowest BCUT2D eigenvalue weighted by Crippen LogP contribution is -2.49. The Morgan fingerprint density at radius 1 is 0.860 bits per heavy atom. The van der Waals surface area contributed by atoms with Gasteiger partial charge in [-0.3, -0.25) is 4.90 Å². The molecule has 228 valence electrons. The lowest BCUT2D eigenvalue weighted by Gasteiger charge is -2.41. The van der Waals surface area contributed by atoms with E-state index in [0.29, 0.717) is 24.2 Å². The SMILES string of the molecule is COc1cc(-c2nn(C3CCC(N4CCN(C)CC4)CC3)c3ncnc(N)c23)ccc1NCc1c(OC)cccc1OC. The number of nitrogens with zero attached hydrogens (tertiary/aromatic N) is 6. The van der Waals surface area contributed by atoms with E-state index in [1.807, 2.05) is 36.4 Å². The van der Waals surface area contributed by atoms with Crippen molar-refractivity contribution in [2.24, 2.45) is 0 Å². The molecule has 4 aromatic rings. The van der Waals surface area contributed by atoms with Gasteiger partial charge in [0, 0.05) is 44.3 Å². The van der Waals surface area contributed by atoms with Gasteiger partial charge in [0.15, 0.2) is 5.65 Å². The molecule has 0 atom stereocenters. The van der Waals surface area contributed by atoms with E-state index in [-0.39, 0.29) is 6.04 Å². The third kappa shape index (κ3) is 5.79. The lowest BCUT2D eigenvalue weighted by atomic mass is 9.90. The van der Waals surface area contributed by atoms with E-state index >= 15 is 0 Å². The average Bonchev–Trinajstić information content (AvgIpc) is 3.45. The third-order valence-electron chi connectivity index (χ3n) is 9.04. The number of nitrogens with one attached hydrogen (secondary N) is 1. The highest BCUT2D eigenvalue weighted by Crippen LogP contribution is 2.39. The third-order valence-corrected chi connectivity index (χ3v) is 9.04. The largest absolute Gasteiger partial charge is 0.496 e. The van der Waals surface area contributed by atoms with Crippen LogP contribution >= 0.6 is 0 Å². The first-order valence-corrected chi connectivity index (χ1v) is 15.0. The summed E-state index contributed by atoms with van der Waals surface area (Å²) < 4.78 is 19.0. The first-order valence-electron chi connectivity index (χ1n) is 15.0. The predicted molar refractivity (Wildman–Crippen MR) is 169 cm³/mol. The van der Waals surface area contributed by atoms with Crippen molar-refractivity contribution in [1.29, 1.82) is 0 Å². The summed E-state index contributed by atoms with van der Waals surface area (Å²) in [6.45, 7) is 5.11. The molecule has 2 aromatic heterocycles. The molecule has 3 N–H and O–H groups in total. The first-order chi connectivity index (χ1) is 21.0. The molecule has 2 aliphatic rings. The summed E-state index contributed by atoms with van der Waals surface area (Å²) in [5, 5.41) is 9.40. The normalized spacial score (nSPS) is 19.8. The fourth-order valence-corrected chi connectivity index (χ4v) is 6.58.